The van der Waals surface area contributed by atoms with Gasteiger partial charge in [0.1, 0.15) is 17.1 Å². The molecular formula is C15H10BrFN2O. The van der Waals surface area contributed by atoms with E-state index in [2.05, 4.69) is 25.9 Å². The molecule has 0 amide bonds. The highest BCUT2D eigenvalue weighted by molar-refractivity contribution is 9.10. The SMILES string of the molecule is Cc1cc(Oc2ccnc3cc(Br)cnc23)ccc1F. The quantitative estimate of drug-likeness (QED) is 0.686. The van der Waals surface area contributed by atoms with E-state index in [1.165, 1.54) is 6.07 Å². The van der Waals surface area contributed by atoms with Gasteiger partial charge in [-0.2, -0.15) is 0 Å². The van der Waals surface area contributed by atoms with Crippen LogP contribution in [-0.4, -0.2) is 9.97 Å². The summed E-state index contributed by atoms with van der Waals surface area (Å²) >= 11 is 3.36. The van der Waals surface area contributed by atoms with E-state index in [0.29, 0.717) is 22.6 Å². The molecule has 1 aromatic carbocycles. The number of hydrogen-bond acceptors (Lipinski definition) is 3. The second-order valence-corrected chi connectivity index (χ2v) is 5.26. The summed E-state index contributed by atoms with van der Waals surface area (Å²) in [5.41, 5.74) is 1.94. The predicted molar refractivity (Wildman–Crippen MR) is 78.4 cm³/mol. The smallest absolute Gasteiger partial charge is 0.156 e. The van der Waals surface area contributed by atoms with E-state index in [1.54, 1.807) is 37.5 Å². The molecule has 2 aromatic heterocycles. The minimum absolute atomic E-state index is 0.251. The van der Waals surface area contributed by atoms with Gasteiger partial charge in [-0.3, -0.25) is 4.98 Å². The Morgan fingerprint density at radius 2 is 2.00 bits per heavy atom. The first-order valence-corrected chi connectivity index (χ1v) is 6.77. The van der Waals surface area contributed by atoms with Crippen molar-refractivity contribution in [1.82, 2.24) is 9.97 Å². The van der Waals surface area contributed by atoms with Crippen molar-refractivity contribution >= 4 is 27.0 Å². The Hall–Kier alpha value is -2.01. The van der Waals surface area contributed by atoms with Crippen LogP contribution in [0.3, 0.4) is 0 Å². The summed E-state index contributed by atoms with van der Waals surface area (Å²) in [6.07, 6.45) is 3.34. The number of halogens is 2. The molecule has 0 unspecified atom stereocenters. The molecular weight excluding hydrogens is 323 g/mol. The first-order chi connectivity index (χ1) is 9.63. The second-order valence-electron chi connectivity index (χ2n) is 4.34. The zero-order valence-corrected chi connectivity index (χ0v) is 12.2. The van der Waals surface area contributed by atoms with Crippen molar-refractivity contribution in [3.05, 3.63) is 58.6 Å². The summed E-state index contributed by atoms with van der Waals surface area (Å²) in [4.78, 5) is 8.55. The van der Waals surface area contributed by atoms with E-state index >= 15 is 0 Å². The van der Waals surface area contributed by atoms with E-state index in [-0.39, 0.29) is 5.82 Å². The Kier molecular flexibility index (Phi) is 3.36. The number of hydrogen-bond donors (Lipinski definition) is 0. The van der Waals surface area contributed by atoms with Crippen LogP contribution in [0, 0.1) is 12.7 Å². The van der Waals surface area contributed by atoms with Crippen LogP contribution in [0.4, 0.5) is 4.39 Å². The number of nitrogens with zero attached hydrogens (tertiary/aromatic N) is 2. The third-order valence-electron chi connectivity index (χ3n) is 2.86. The highest BCUT2D eigenvalue weighted by Gasteiger charge is 2.07. The minimum atomic E-state index is -0.251. The molecule has 0 radical (unpaired) electrons. The van der Waals surface area contributed by atoms with Crippen molar-refractivity contribution in [2.24, 2.45) is 0 Å². The average molecular weight is 333 g/mol. The molecule has 0 bridgehead atoms. The summed E-state index contributed by atoms with van der Waals surface area (Å²) in [6, 6.07) is 8.24. The lowest BCUT2D eigenvalue weighted by Crippen LogP contribution is -1.91. The number of pyridine rings is 2. The molecule has 0 aliphatic heterocycles. The van der Waals surface area contributed by atoms with Crippen molar-refractivity contribution < 1.29 is 9.13 Å². The number of benzene rings is 1. The van der Waals surface area contributed by atoms with Crippen molar-refractivity contribution in [1.29, 1.82) is 0 Å². The van der Waals surface area contributed by atoms with Crippen molar-refractivity contribution in [2.45, 2.75) is 6.92 Å². The summed E-state index contributed by atoms with van der Waals surface area (Å²) in [6.45, 7) is 1.70. The summed E-state index contributed by atoms with van der Waals surface area (Å²) in [7, 11) is 0. The largest absolute Gasteiger partial charge is 0.455 e. The Morgan fingerprint density at radius 1 is 1.15 bits per heavy atom. The molecule has 0 saturated heterocycles. The topological polar surface area (TPSA) is 35.0 Å². The van der Waals surface area contributed by atoms with Crippen molar-refractivity contribution in [2.75, 3.05) is 0 Å². The highest BCUT2D eigenvalue weighted by atomic mass is 79.9. The summed E-state index contributed by atoms with van der Waals surface area (Å²) < 4.78 is 19.9. The van der Waals surface area contributed by atoms with Crippen LogP contribution in [0.25, 0.3) is 11.0 Å². The molecule has 5 heteroatoms. The lowest BCUT2D eigenvalue weighted by atomic mass is 10.2. The maximum absolute atomic E-state index is 13.3. The van der Waals surface area contributed by atoms with Crippen LogP contribution in [0.15, 0.2) is 47.2 Å². The zero-order valence-electron chi connectivity index (χ0n) is 10.6. The van der Waals surface area contributed by atoms with Gasteiger partial charge < -0.3 is 4.74 Å². The van der Waals surface area contributed by atoms with E-state index < -0.39 is 0 Å². The van der Waals surface area contributed by atoms with Gasteiger partial charge in [-0.05, 0) is 52.7 Å². The maximum Gasteiger partial charge on any atom is 0.156 e. The van der Waals surface area contributed by atoms with Crippen LogP contribution in [0.5, 0.6) is 11.5 Å². The molecule has 0 aliphatic rings. The lowest BCUT2D eigenvalue weighted by Gasteiger charge is -2.09. The summed E-state index contributed by atoms with van der Waals surface area (Å²) in [5, 5.41) is 0. The summed E-state index contributed by atoms with van der Waals surface area (Å²) in [5.74, 6) is 0.911. The fraction of sp³-hybridized carbons (Fsp3) is 0.0667. The zero-order chi connectivity index (χ0) is 14.1. The average Bonchev–Trinajstić information content (AvgIpc) is 2.43. The number of ether oxygens (including phenoxy) is 1. The Balaban J connectivity index is 2.04. The van der Waals surface area contributed by atoms with E-state index in [4.69, 9.17) is 4.74 Å². The molecule has 3 nitrogen and oxygen atoms in total. The van der Waals surface area contributed by atoms with Crippen LogP contribution >= 0.6 is 15.9 Å². The lowest BCUT2D eigenvalue weighted by molar-refractivity contribution is 0.483. The second kappa shape index (κ2) is 5.17. The monoisotopic (exact) mass is 332 g/mol. The third kappa shape index (κ3) is 2.49. The third-order valence-corrected chi connectivity index (χ3v) is 3.30. The first kappa shape index (κ1) is 13.0. The Morgan fingerprint density at radius 3 is 2.80 bits per heavy atom. The van der Waals surface area contributed by atoms with Crippen LogP contribution < -0.4 is 4.74 Å². The molecule has 3 aromatic rings. The molecule has 0 aliphatic carbocycles. The van der Waals surface area contributed by atoms with Gasteiger partial charge in [0.2, 0.25) is 0 Å². The highest BCUT2D eigenvalue weighted by Crippen LogP contribution is 2.29. The van der Waals surface area contributed by atoms with Crippen LogP contribution in [0.1, 0.15) is 5.56 Å². The standard InChI is InChI=1S/C15H10BrFN2O/c1-9-6-11(2-3-12(9)17)20-14-4-5-18-13-7-10(16)8-19-15(13)14/h2-8H,1H3. The molecule has 100 valence electrons. The van der Waals surface area contributed by atoms with Crippen LogP contribution in [-0.2, 0) is 0 Å². The van der Waals surface area contributed by atoms with Gasteiger partial charge in [0, 0.05) is 22.9 Å². The predicted octanol–water partition coefficient (Wildman–Crippen LogP) is 4.63. The molecule has 20 heavy (non-hydrogen) atoms. The van der Waals surface area contributed by atoms with Gasteiger partial charge in [-0.1, -0.05) is 0 Å². The normalized spacial score (nSPS) is 10.8. The fourth-order valence-corrected chi connectivity index (χ4v) is 2.19. The van der Waals surface area contributed by atoms with Gasteiger partial charge in [0.25, 0.3) is 0 Å². The van der Waals surface area contributed by atoms with Crippen molar-refractivity contribution in [3.8, 4) is 11.5 Å². The molecule has 2 heterocycles. The van der Waals surface area contributed by atoms with Crippen LogP contribution in [0.2, 0.25) is 0 Å². The van der Waals surface area contributed by atoms with Gasteiger partial charge in [0.15, 0.2) is 5.75 Å². The van der Waals surface area contributed by atoms with Gasteiger partial charge in [-0.15, -0.1) is 0 Å². The molecule has 0 fully saturated rings. The number of fused-ring (bicyclic) bond motifs is 1. The molecule has 0 saturated carbocycles. The number of aryl methyl sites for hydroxylation is 1. The molecule has 0 atom stereocenters. The van der Waals surface area contributed by atoms with E-state index in [9.17, 15) is 4.39 Å². The fourth-order valence-electron chi connectivity index (χ4n) is 1.87. The van der Waals surface area contributed by atoms with Crippen molar-refractivity contribution in [3.63, 3.8) is 0 Å². The molecule has 3 rings (SSSR count). The van der Waals surface area contributed by atoms with Gasteiger partial charge in [-0.25, -0.2) is 9.37 Å². The Labute approximate surface area is 123 Å². The first-order valence-electron chi connectivity index (χ1n) is 5.98. The number of aromatic nitrogens is 2. The van der Waals surface area contributed by atoms with Gasteiger partial charge >= 0.3 is 0 Å². The minimum Gasteiger partial charge on any atom is -0.455 e. The van der Waals surface area contributed by atoms with E-state index in [1.807, 2.05) is 6.07 Å². The Bertz CT molecular complexity index is 792. The maximum atomic E-state index is 13.3. The number of rotatable bonds is 2. The molecule has 0 spiro atoms. The van der Waals surface area contributed by atoms with Gasteiger partial charge in [0.05, 0.1) is 5.52 Å². The molecule has 0 N–H and O–H groups in total. The van der Waals surface area contributed by atoms with E-state index in [0.717, 1.165) is 9.99 Å².